The quantitative estimate of drug-likeness (QED) is 0.393. The van der Waals surface area contributed by atoms with Gasteiger partial charge in [0.25, 0.3) is 0 Å². The van der Waals surface area contributed by atoms with Crippen molar-refractivity contribution >= 4 is 6.29 Å². The summed E-state index contributed by atoms with van der Waals surface area (Å²) < 4.78 is 10.2. The summed E-state index contributed by atoms with van der Waals surface area (Å²) in [4.78, 5) is 10.6. The second-order valence-electron chi connectivity index (χ2n) is 2.54. The van der Waals surface area contributed by atoms with Crippen molar-refractivity contribution in [3.63, 3.8) is 0 Å². The molecule has 0 saturated heterocycles. The predicted molar refractivity (Wildman–Crippen MR) is 53.5 cm³/mol. The van der Waals surface area contributed by atoms with Gasteiger partial charge in [-0.1, -0.05) is 18.7 Å². The van der Waals surface area contributed by atoms with Gasteiger partial charge in [-0.05, 0) is 12.1 Å². The van der Waals surface area contributed by atoms with Crippen LogP contribution in [0.5, 0.6) is 5.75 Å². The Bertz CT molecular complexity index is 307. The zero-order chi connectivity index (χ0) is 10.2. The van der Waals surface area contributed by atoms with Gasteiger partial charge in [0.2, 0.25) is 0 Å². The highest BCUT2D eigenvalue weighted by molar-refractivity contribution is 5.79. The monoisotopic (exact) mass is 192 g/mol. The number of carbonyl (C=O) groups excluding carboxylic acids is 1. The maximum Gasteiger partial charge on any atom is 0.153 e. The molecular weight excluding hydrogens is 180 g/mol. The lowest BCUT2D eigenvalue weighted by Gasteiger charge is -2.07. The lowest BCUT2D eigenvalue weighted by atomic mass is 10.2. The average molecular weight is 192 g/mol. The predicted octanol–water partition coefficient (Wildman–Crippen LogP) is 2.04. The van der Waals surface area contributed by atoms with Crippen molar-refractivity contribution in [3.8, 4) is 5.75 Å². The minimum atomic E-state index is 0.400. The van der Waals surface area contributed by atoms with Crippen LogP contribution in [0.4, 0.5) is 0 Å². The standard InChI is InChI=1S/C11H12O3/c1-2-13-7-8-14-11-6-4-3-5-10(11)9-12/h2-6,9H,1,7-8H2. The van der Waals surface area contributed by atoms with Crippen LogP contribution in [-0.2, 0) is 4.74 Å². The van der Waals surface area contributed by atoms with Crippen LogP contribution in [0.25, 0.3) is 0 Å². The summed E-state index contributed by atoms with van der Waals surface area (Å²) in [5, 5.41) is 0. The molecule has 0 unspecified atom stereocenters. The molecule has 0 spiro atoms. The Hall–Kier alpha value is -1.77. The molecule has 0 saturated carbocycles. The van der Waals surface area contributed by atoms with Crippen LogP contribution in [0.1, 0.15) is 10.4 Å². The molecule has 0 heterocycles. The molecule has 0 aliphatic rings. The normalized spacial score (nSPS) is 9.14. The van der Waals surface area contributed by atoms with Crippen LogP contribution in [0.2, 0.25) is 0 Å². The molecular formula is C11H12O3. The maximum absolute atomic E-state index is 10.6. The molecule has 0 atom stereocenters. The fourth-order valence-corrected chi connectivity index (χ4v) is 0.992. The number of ether oxygens (including phenoxy) is 2. The average Bonchev–Trinajstić information content (AvgIpc) is 2.25. The van der Waals surface area contributed by atoms with E-state index in [1.807, 2.05) is 6.07 Å². The van der Waals surface area contributed by atoms with Crippen LogP contribution in [0.15, 0.2) is 37.1 Å². The van der Waals surface area contributed by atoms with Gasteiger partial charge in [0.15, 0.2) is 6.29 Å². The first-order valence-electron chi connectivity index (χ1n) is 4.28. The Kier molecular flexibility index (Phi) is 4.27. The lowest BCUT2D eigenvalue weighted by molar-refractivity contribution is 0.111. The number of hydrogen-bond acceptors (Lipinski definition) is 3. The van der Waals surface area contributed by atoms with Crippen molar-refractivity contribution in [3.05, 3.63) is 42.7 Å². The molecule has 0 N–H and O–H groups in total. The van der Waals surface area contributed by atoms with Gasteiger partial charge >= 0.3 is 0 Å². The Morgan fingerprint density at radius 3 is 2.79 bits per heavy atom. The number of hydrogen-bond donors (Lipinski definition) is 0. The van der Waals surface area contributed by atoms with E-state index in [4.69, 9.17) is 9.47 Å². The Morgan fingerprint density at radius 1 is 1.29 bits per heavy atom. The van der Waals surface area contributed by atoms with Gasteiger partial charge in [0.1, 0.15) is 19.0 Å². The summed E-state index contributed by atoms with van der Waals surface area (Å²) in [6, 6.07) is 7.06. The number of aldehydes is 1. The van der Waals surface area contributed by atoms with Crippen molar-refractivity contribution in [2.75, 3.05) is 13.2 Å². The highest BCUT2D eigenvalue weighted by Gasteiger charge is 1.99. The van der Waals surface area contributed by atoms with E-state index >= 15 is 0 Å². The summed E-state index contributed by atoms with van der Waals surface area (Å²) >= 11 is 0. The Balaban J connectivity index is 2.48. The van der Waals surface area contributed by atoms with Gasteiger partial charge in [-0.3, -0.25) is 4.79 Å². The third kappa shape index (κ3) is 2.94. The van der Waals surface area contributed by atoms with E-state index in [1.54, 1.807) is 18.2 Å². The zero-order valence-electron chi connectivity index (χ0n) is 7.81. The second kappa shape index (κ2) is 5.80. The highest BCUT2D eigenvalue weighted by Crippen LogP contribution is 2.15. The molecule has 3 nitrogen and oxygen atoms in total. The summed E-state index contributed by atoms with van der Waals surface area (Å²) in [6.45, 7) is 4.23. The van der Waals surface area contributed by atoms with Gasteiger partial charge in [0.05, 0.1) is 11.8 Å². The van der Waals surface area contributed by atoms with Crippen molar-refractivity contribution < 1.29 is 14.3 Å². The molecule has 0 aliphatic heterocycles. The number of benzene rings is 1. The summed E-state index contributed by atoms with van der Waals surface area (Å²) in [5.41, 5.74) is 0.547. The van der Waals surface area contributed by atoms with Crippen molar-refractivity contribution in [2.45, 2.75) is 0 Å². The third-order valence-electron chi connectivity index (χ3n) is 1.62. The summed E-state index contributed by atoms with van der Waals surface area (Å²) in [6.07, 6.45) is 2.12. The van der Waals surface area contributed by atoms with E-state index < -0.39 is 0 Å². The van der Waals surface area contributed by atoms with Crippen molar-refractivity contribution in [1.29, 1.82) is 0 Å². The van der Waals surface area contributed by atoms with Crippen LogP contribution in [0.3, 0.4) is 0 Å². The largest absolute Gasteiger partial charge is 0.498 e. The number of rotatable bonds is 6. The molecule has 0 radical (unpaired) electrons. The minimum absolute atomic E-state index is 0.400. The smallest absolute Gasteiger partial charge is 0.153 e. The molecule has 1 aromatic carbocycles. The van der Waals surface area contributed by atoms with E-state index in [-0.39, 0.29) is 0 Å². The molecule has 3 heteroatoms. The first-order valence-corrected chi connectivity index (χ1v) is 4.28. The molecule has 0 amide bonds. The van der Waals surface area contributed by atoms with Gasteiger partial charge in [-0.2, -0.15) is 0 Å². The number of carbonyl (C=O) groups is 1. The topological polar surface area (TPSA) is 35.5 Å². The lowest BCUT2D eigenvalue weighted by Crippen LogP contribution is -2.05. The minimum Gasteiger partial charge on any atom is -0.498 e. The first kappa shape index (κ1) is 10.3. The van der Waals surface area contributed by atoms with E-state index in [0.29, 0.717) is 24.5 Å². The molecule has 1 aromatic rings. The first-order chi connectivity index (χ1) is 6.88. The van der Waals surface area contributed by atoms with Crippen LogP contribution in [-0.4, -0.2) is 19.5 Å². The summed E-state index contributed by atoms with van der Waals surface area (Å²) in [5.74, 6) is 0.579. The van der Waals surface area contributed by atoms with Crippen molar-refractivity contribution in [1.82, 2.24) is 0 Å². The van der Waals surface area contributed by atoms with E-state index in [1.165, 1.54) is 6.26 Å². The fourth-order valence-electron chi connectivity index (χ4n) is 0.992. The van der Waals surface area contributed by atoms with Crippen LogP contribution >= 0.6 is 0 Å². The van der Waals surface area contributed by atoms with E-state index in [2.05, 4.69) is 6.58 Å². The summed E-state index contributed by atoms with van der Waals surface area (Å²) in [7, 11) is 0. The SMILES string of the molecule is C=COCCOc1ccccc1C=O. The molecule has 0 aromatic heterocycles. The molecule has 0 fully saturated rings. The molecule has 0 bridgehead atoms. The van der Waals surface area contributed by atoms with E-state index in [9.17, 15) is 4.79 Å². The second-order valence-corrected chi connectivity index (χ2v) is 2.54. The molecule has 1 rings (SSSR count). The Labute approximate surface area is 83.0 Å². The Morgan fingerprint density at radius 2 is 2.07 bits per heavy atom. The molecule has 74 valence electrons. The third-order valence-corrected chi connectivity index (χ3v) is 1.62. The highest BCUT2D eigenvalue weighted by atomic mass is 16.5. The zero-order valence-corrected chi connectivity index (χ0v) is 7.81. The van der Waals surface area contributed by atoms with Gasteiger partial charge in [-0.15, -0.1) is 0 Å². The van der Waals surface area contributed by atoms with Crippen LogP contribution in [0, 0.1) is 0 Å². The van der Waals surface area contributed by atoms with Crippen LogP contribution < -0.4 is 4.74 Å². The van der Waals surface area contributed by atoms with Crippen molar-refractivity contribution in [2.24, 2.45) is 0 Å². The molecule has 0 aliphatic carbocycles. The molecule has 14 heavy (non-hydrogen) atoms. The van der Waals surface area contributed by atoms with Gasteiger partial charge < -0.3 is 9.47 Å². The van der Waals surface area contributed by atoms with Gasteiger partial charge in [0, 0.05) is 0 Å². The van der Waals surface area contributed by atoms with E-state index in [0.717, 1.165) is 6.29 Å². The van der Waals surface area contributed by atoms with Gasteiger partial charge in [-0.25, -0.2) is 0 Å². The fraction of sp³-hybridized carbons (Fsp3) is 0.182. The maximum atomic E-state index is 10.6. The number of para-hydroxylation sites is 1.